The van der Waals surface area contributed by atoms with E-state index in [9.17, 15) is 5.11 Å². The standard InChI is InChI=1S/C20H27N7OS/c1-25-18-16(10-22-25)17(21)23-19(24-18)27-6-4-20(5-7-27)9-14(28)11-26(13-20)12-15-3-2-8-29-15/h2-3,8,10,14,28H,4-7,9,11-13H2,1H3,(H2,21,23,24). The topological polar surface area (TPSA) is 96.3 Å². The number of likely N-dealkylation sites (tertiary alicyclic amines) is 1. The molecule has 0 radical (unpaired) electrons. The van der Waals surface area contributed by atoms with E-state index in [4.69, 9.17) is 10.7 Å². The van der Waals surface area contributed by atoms with Crippen molar-refractivity contribution >= 4 is 34.1 Å². The summed E-state index contributed by atoms with van der Waals surface area (Å²) in [6, 6.07) is 4.27. The minimum atomic E-state index is -0.257. The Balaban J connectivity index is 1.31. The van der Waals surface area contributed by atoms with Crippen LogP contribution in [0.3, 0.4) is 0 Å². The molecule has 2 aliphatic rings. The molecule has 1 spiro atoms. The molecule has 9 heteroatoms. The highest BCUT2D eigenvalue weighted by Gasteiger charge is 2.42. The van der Waals surface area contributed by atoms with Crippen molar-refractivity contribution in [2.24, 2.45) is 12.5 Å². The van der Waals surface area contributed by atoms with Crippen LogP contribution in [0.1, 0.15) is 24.1 Å². The summed E-state index contributed by atoms with van der Waals surface area (Å²) in [6.07, 6.45) is 4.39. The zero-order valence-corrected chi connectivity index (χ0v) is 17.5. The highest BCUT2D eigenvalue weighted by atomic mass is 32.1. The molecule has 154 valence electrons. The van der Waals surface area contributed by atoms with Gasteiger partial charge in [-0.05, 0) is 36.1 Å². The summed E-state index contributed by atoms with van der Waals surface area (Å²) in [5, 5.41) is 17.7. The van der Waals surface area contributed by atoms with Crippen LogP contribution in [0, 0.1) is 5.41 Å². The number of nitrogens with two attached hydrogens (primary N) is 1. The predicted molar refractivity (Wildman–Crippen MR) is 115 cm³/mol. The van der Waals surface area contributed by atoms with E-state index < -0.39 is 0 Å². The monoisotopic (exact) mass is 413 g/mol. The van der Waals surface area contributed by atoms with E-state index in [0.29, 0.717) is 11.8 Å². The molecule has 5 heterocycles. The van der Waals surface area contributed by atoms with Gasteiger partial charge in [-0.2, -0.15) is 15.1 Å². The number of nitrogens with zero attached hydrogens (tertiary/aromatic N) is 6. The van der Waals surface area contributed by atoms with Gasteiger partial charge in [-0.1, -0.05) is 6.07 Å². The first-order valence-corrected chi connectivity index (χ1v) is 11.0. The smallest absolute Gasteiger partial charge is 0.229 e. The number of hydrogen-bond donors (Lipinski definition) is 2. The third kappa shape index (κ3) is 3.58. The normalized spacial score (nSPS) is 22.6. The van der Waals surface area contributed by atoms with Gasteiger partial charge in [0.25, 0.3) is 0 Å². The van der Waals surface area contributed by atoms with Crippen molar-refractivity contribution in [3.8, 4) is 0 Å². The Morgan fingerprint density at radius 2 is 2.14 bits per heavy atom. The van der Waals surface area contributed by atoms with Crippen molar-refractivity contribution < 1.29 is 5.11 Å². The molecular weight excluding hydrogens is 386 g/mol. The van der Waals surface area contributed by atoms with Gasteiger partial charge in [-0.3, -0.25) is 9.58 Å². The van der Waals surface area contributed by atoms with E-state index in [-0.39, 0.29) is 11.5 Å². The molecule has 3 aromatic heterocycles. The Kier molecular flexibility index (Phi) is 4.68. The summed E-state index contributed by atoms with van der Waals surface area (Å²) in [5.41, 5.74) is 7.07. The molecule has 0 aromatic carbocycles. The Bertz CT molecular complexity index is 994. The van der Waals surface area contributed by atoms with E-state index in [1.165, 1.54) is 4.88 Å². The third-order valence-electron chi connectivity index (χ3n) is 6.37. The highest BCUT2D eigenvalue weighted by molar-refractivity contribution is 7.09. The number of piperidine rings is 2. The molecule has 1 atom stereocenters. The first-order valence-electron chi connectivity index (χ1n) is 10.1. The zero-order chi connectivity index (χ0) is 20.0. The maximum Gasteiger partial charge on any atom is 0.229 e. The molecular formula is C20H27N7OS. The Morgan fingerprint density at radius 3 is 2.90 bits per heavy atom. The molecule has 29 heavy (non-hydrogen) atoms. The average molecular weight is 414 g/mol. The van der Waals surface area contributed by atoms with Crippen LogP contribution in [0.15, 0.2) is 23.7 Å². The second-order valence-corrected chi connectivity index (χ2v) is 9.54. The number of thiophene rings is 1. The van der Waals surface area contributed by atoms with Crippen LogP contribution in [-0.4, -0.2) is 62.0 Å². The minimum absolute atomic E-state index is 0.160. The number of aliphatic hydroxyl groups excluding tert-OH is 1. The Labute approximate surface area is 174 Å². The lowest BCUT2D eigenvalue weighted by molar-refractivity contribution is -0.0248. The molecule has 0 bridgehead atoms. The van der Waals surface area contributed by atoms with E-state index in [0.717, 1.165) is 63.0 Å². The summed E-state index contributed by atoms with van der Waals surface area (Å²) in [4.78, 5) is 15.2. The number of nitrogen functional groups attached to an aromatic ring is 1. The number of anilines is 2. The average Bonchev–Trinajstić information content (AvgIpc) is 3.32. The van der Waals surface area contributed by atoms with Gasteiger partial charge < -0.3 is 15.7 Å². The van der Waals surface area contributed by atoms with Crippen LogP contribution in [-0.2, 0) is 13.6 Å². The summed E-state index contributed by atoms with van der Waals surface area (Å²) < 4.78 is 1.74. The third-order valence-corrected chi connectivity index (χ3v) is 7.23. The number of β-amino-alcohol motifs (C(OH)–C–C–N with tert-alkyl or cyclic N) is 1. The van der Waals surface area contributed by atoms with E-state index in [1.54, 1.807) is 22.2 Å². The lowest BCUT2D eigenvalue weighted by Gasteiger charge is -2.49. The van der Waals surface area contributed by atoms with E-state index >= 15 is 0 Å². The van der Waals surface area contributed by atoms with Gasteiger partial charge in [0.2, 0.25) is 5.95 Å². The van der Waals surface area contributed by atoms with Crippen molar-refractivity contribution in [2.45, 2.75) is 31.9 Å². The van der Waals surface area contributed by atoms with Gasteiger partial charge in [-0.15, -0.1) is 11.3 Å². The number of hydrogen-bond acceptors (Lipinski definition) is 8. The van der Waals surface area contributed by atoms with Gasteiger partial charge >= 0.3 is 0 Å². The highest BCUT2D eigenvalue weighted by Crippen LogP contribution is 2.41. The van der Waals surface area contributed by atoms with Crippen molar-refractivity contribution in [3.63, 3.8) is 0 Å². The van der Waals surface area contributed by atoms with Crippen molar-refractivity contribution in [3.05, 3.63) is 28.6 Å². The second kappa shape index (κ2) is 7.23. The number of rotatable bonds is 3. The van der Waals surface area contributed by atoms with Crippen LogP contribution >= 0.6 is 11.3 Å². The summed E-state index contributed by atoms with van der Waals surface area (Å²) in [7, 11) is 1.87. The molecule has 2 saturated heterocycles. The van der Waals surface area contributed by atoms with E-state index in [2.05, 4.69) is 37.4 Å². The fourth-order valence-corrected chi connectivity index (χ4v) is 5.67. The molecule has 1 unspecified atom stereocenters. The second-order valence-electron chi connectivity index (χ2n) is 8.51. The summed E-state index contributed by atoms with van der Waals surface area (Å²) in [5.74, 6) is 1.16. The zero-order valence-electron chi connectivity index (χ0n) is 16.7. The maximum absolute atomic E-state index is 10.6. The lowest BCUT2D eigenvalue weighted by atomic mass is 9.71. The van der Waals surface area contributed by atoms with E-state index in [1.807, 2.05) is 7.05 Å². The fraction of sp³-hybridized carbons (Fsp3) is 0.550. The van der Waals surface area contributed by atoms with Crippen molar-refractivity contribution in [1.82, 2.24) is 24.6 Å². The Morgan fingerprint density at radius 1 is 1.31 bits per heavy atom. The quantitative estimate of drug-likeness (QED) is 0.676. The van der Waals surface area contributed by atoms with Crippen LogP contribution < -0.4 is 10.6 Å². The number of fused-ring (bicyclic) bond motifs is 1. The van der Waals surface area contributed by atoms with Crippen LogP contribution in [0.2, 0.25) is 0 Å². The molecule has 2 aliphatic heterocycles. The number of aryl methyl sites for hydroxylation is 1. The maximum atomic E-state index is 10.6. The molecule has 5 rings (SSSR count). The van der Waals surface area contributed by atoms with Gasteiger partial charge in [0.05, 0.1) is 17.7 Å². The minimum Gasteiger partial charge on any atom is -0.392 e. The molecule has 0 amide bonds. The number of aliphatic hydroxyl groups is 1. The van der Waals surface area contributed by atoms with Crippen LogP contribution in [0.25, 0.3) is 11.0 Å². The molecule has 3 N–H and O–H groups in total. The van der Waals surface area contributed by atoms with Gasteiger partial charge in [0.15, 0.2) is 5.65 Å². The largest absolute Gasteiger partial charge is 0.392 e. The summed E-state index contributed by atoms with van der Waals surface area (Å²) in [6.45, 7) is 4.49. The molecule has 0 aliphatic carbocycles. The van der Waals surface area contributed by atoms with Crippen molar-refractivity contribution in [2.75, 3.05) is 36.8 Å². The lowest BCUT2D eigenvalue weighted by Crippen LogP contribution is -2.53. The predicted octanol–water partition coefficient (Wildman–Crippen LogP) is 1.86. The van der Waals surface area contributed by atoms with Crippen molar-refractivity contribution in [1.29, 1.82) is 0 Å². The molecule has 8 nitrogen and oxygen atoms in total. The Hall–Kier alpha value is -2.23. The SMILES string of the molecule is Cn1ncc2c(N)nc(N3CCC4(CC3)CC(O)CN(Cc3cccs3)C4)nc21. The van der Waals surface area contributed by atoms with Crippen LogP contribution in [0.4, 0.5) is 11.8 Å². The first kappa shape index (κ1) is 18.8. The molecule has 2 fully saturated rings. The van der Waals surface area contributed by atoms with Gasteiger partial charge in [0.1, 0.15) is 5.82 Å². The van der Waals surface area contributed by atoms with Crippen LogP contribution in [0.5, 0.6) is 0 Å². The first-order chi connectivity index (χ1) is 14.0. The summed E-state index contributed by atoms with van der Waals surface area (Å²) >= 11 is 1.79. The van der Waals surface area contributed by atoms with Gasteiger partial charge in [0, 0.05) is 44.6 Å². The fourth-order valence-electron chi connectivity index (χ4n) is 4.93. The van der Waals surface area contributed by atoms with Gasteiger partial charge in [-0.25, -0.2) is 0 Å². The molecule has 3 aromatic rings. The molecule has 0 saturated carbocycles. The number of aromatic nitrogens is 4.